The Balaban J connectivity index is 1.99. The van der Waals surface area contributed by atoms with Crippen LogP contribution in [0.4, 0.5) is 10.5 Å². The van der Waals surface area contributed by atoms with E-state index in [2.05, 4.69) is 5.32 Å². The van der Waals surface area contributed by atoms with Gasteiger partial charge in [-0.05, 0) is 18.6 Å². The maximum Gasteiger partial charge on any atom is 0.345 e. The SMILES string of the molecule is COc1cccc(NC(=O)N2CCCO2)c1. The molecule has 2 amide bonds. The zero-order chi connectivity index (χ0) is 11.4. The number of amides is 2. The van der Waals surface area contributed by atoms with E-state index in [1.54, 1.807) is 19.2 Å². The summed E-state index contributed by atoms with van der Waals surface area (Å²) in [5.74, 6) is 0.708. The molecule has 5 nitrogen and oxygen atoms in total. The Kier molecular flexibility index (Phi) is 3.26. The zero-order valence-corrected chi connectivity index (χ0v) is 9.10. The minimum absolute atomic E-state index is 0.245. The van der Waals surface area contributed by atoms with E-state index in [9.17, 15) is 4.79 Å². The van der Waals surface area contributed by atoms with Gasteiger partial charge in [-0.3, -0.25) is 4.84 Å². The lowest BCUT2D eigenvalue weighted by molar-refractivity contribution is -0.0614. The second kappa shape index (κ2) is 4.85. The van der Waals surface area contributed by atoms with E-state index in [1.807, 2.05) is 12.1 Å². The summed E-state index contributed by atoms with van der Waals surface area (Å²) in [7, 11) is 1.59. The molecule has 1 heterocycles. The van der Waals surface area contributed by atoms with Crippen LogP contribution in [0.3, 0.4) is 0 Å². The van der Waals surface area contributed by atoms with Crippen LogP contribution in [0.2, 0.25) is 0 Å². The lowest BCUT2D eigenvalue weighted by Gasteiger charge is -2.15. The van der Waals surface area contributed by atoms with Crippen molar-refractivity contribution in [2.75, 3.05) is 25.6 Å². The highest BCUT2D eigenvalue weighted by Crippen LogP contribution is 2.17. The van der Waals surface area contributed by atoms with Gasteiger partial charge >= 0.3 is 6.03 Å². The number of nitrogens with zero attached hydrogens (tertiary/aromatic N) is 1. The lowest BCUT2D eigenvalue weighted by Crippen LogP contribution is -2.31. The van der Waals surface area contributed by atoms with Crippen molar-refractivity contribution in [3.63, 3.8) is 0 Å². The predicted octanol–water partition coefficient (Wildman–Crippen LogP) is 1.86. The fraction of sp³-hybridized carbons (Fsp3) is 0.364. The van der Waals surface area contributed by atoms with Gasteiger partial charge in [0, 0.05) is 11.8 Å². The van der Waals surface area contributed by atoms with Crippen molar-refractivity contribution in [2.24, 2.45) is 0 Å². The topological polar surface area (TPSA) is 50.8 Å². The molecule has 1 fully saturated rings. The molecule has 16 heavy (non-hydrogen) atoms. The van der Waals surface area contributed by atoms with Gasteiger partial charge in [0.2, 0.25) is 0 Å². The standard InChI is InChI=1S/C11H14N2O3/c1-15-10-5-2-4-9(8-10)12-11(14)13-6-3-7-16-13/h2,4-5,8H,3,6-7H2,1H3,(H,12,14). The van der Waals surface area contributed by atoms with E-state index in [0.29, 0.717) is 24.6 Å². The molecule has 1 N–H and O–H groups in total. The second-order valence-electron chi connectivity index (χ2n) is 3.45. The summed E-state index contributed by atoms with van der Waals surface area (Å²) in [5, 5.41) is 4.07. The van der Waals surface area contributed by atoms with E-state index < -0.39 is 0 Å². The van der Waals surface area contributed by atoms with Gasteiger partial charge in [-0.25, -0.2) is 9.86 Å². The Bertz CT molecular complexity index is 375. The molecule has 1 saturated heterocycles. The van der Waals surface area contributed by atoms with Crippen LogP contribution in [-0.4, -0.2) is 31.4 Å². The molecular weight excluding hydrogens is 208 g/mol. The third-order valence-electron chi connectivity index (χ3n) is 2.30. The van der Waals surface area contributed by atoms with Gasteiger partial charge in [-0.15, -0.1) is 0 Å². The first-order chi connectivity index (χ1) is 7.79. The summed E-state index contributed by atoms with van der Waals surface area (Å²) in [6, 6.07) is 6.96. The van der Waals surface area contributed by atoms with Gasteiger partial charge in [0.05, 0.1) is 20.3 Å². The van der Waals surface area contributed by atoms with Crippen LogP contribution in [0.25, 0.3) is 0 Å². The first-order valence-corrected chi connectivity index (χ1v) is 5.15. The van der Waals surface area contributed by atoms with Crippen LogP contribution in [0.1, 0.15) is 6.42 Å². The molecule has 0 aliphatic carbocycles. The highest BCUT2D eigenvalue weighted by Gasteiger charge is 2.19. The number of ether oxygens (including phenoxy) is 1. The van der Waals surface area contributed by atoms with Crippen LogP contribution in [0, 0.1) is 0 Å². The molecule has 1 aromatic carbocycles. The van der Waals surface area contributed by atoms with Gasteiger partial charge in [0.15, 0.2) is 0 Å². The van der Waals surface area contributed by atoms with Crippen LogP contribution in [0.15, 0.2) is 24.3 Å². The molecular formula is C11H14N2O3. The summed E-state index contributed by atoms with van der Waals surface area (Å²) in [5.41, 5.74) is 0.694. The maximum absolute atomic E-state index is 11.7. The molecule has 0 aromatic heterocycles. The van der Waals surface area contributed by atoms with E-state index in [0.717, 1.165) is 6.42 Å². The molecule has 1 aliphatic rings. The third kappa shape index (κ3) is 2.43. The summed E-state index contributed by atoms with van der Waals surface area (Å²) >= 11 is 0. The predicted molar refractivity (Wildman–Crippen MR) is 59.3 cm³/mol. The summed E-state index contributed by atoms with van der Waals surface area (Å²) < 4.78 is 5.07. The Morgan fingerprint density at radius 3 is 3.12 bits per heavy atom. The molecule has 86 valence electrons. The first-order valence-electron chi connectivity index (χ1n) is 5.15. The van der Waals surface area contributed by atoms with Crippen LogP contribution >= 0.6 is 0 Å². The smallest absolute Gasteiger partial charge is 0.345 e. The highest BCUT2D eigenvalue weighted by molar-refractivity contribution is 5.88. The minimum atomic E-state index is -0.245. The number of methoxy groups -OCH3 is 1. The maximum atomic E-state index is 11.7. The number of hydrogen-bond acceptors (Lipinski definition) is 3. The first kappa shape index (κ1) is 10.8. The van der Waals surface area contributed by atoms with Crippen molar-refractivity contribution in [1.29, 1.82) is 0 Å². The van der Waals surface area contributed by atoms with Crippen molar-refractivity contribution < 1.29 is 14.4 Å². The summed E-state index contributed by atoms with van der Waals surface area (Å²) in [6.45, 7) is 1.24. The normalized spacial score (nSPS) is 14.9. The molecule has 0 unspecified atom stereocenters. The second-order valence-corrected chi connectivity index (χ2v) is 3.45. The molecule has 0 atom stereocenters. The summed E-state index contributed by atoms with van der Waals surface area (Å²) in [4.78, 5) is 16.8. The van der Waals surface area contributed by atoms with E-state index >= 15 is 0 Å². The van der Waals surface area contributed by atoms with E-state index in [4.69, 9.17) is 9.57 Å². The molecule has 0 spiro atoms. The van der Waals surface area contributed by atoms with Crippen LogP contribution < -0.4 is 10.1 Å². The third-order valence-corrected chi connectivity index (χ3v) is 2.30. The largest absolute Gasteiger partial charge is 0.497 e. The van der Waals surface area contributed by atoms with Gasteiger partial charge in [0.1, 0.15) is 5.75 Å². The monoisotopic (exact) mass is 222 g/mol. The molecule has 0 saturated carbocycles. The highest BCUT2D eigenvalue weighted by atomic mass is 16.7. The number of hydroxylamine groups is 2. The van der Waals surface area contributed by atoms with Crippen LogP contribution in [-0.2, 0) is 4.84 Å². The van der Waals surface area contributed by atoms with Crippen molar-refractivity contribution in [3.8, 4) is 5.75 Å². The quantitative estimate of drug-likeness (QED) is 0.831. The fourth-order valence-electron chi connectivity index (χ4n) is 1.49. The lowest BCUT2D eigenvalue weighted by atomic mass is 10.3. The summed E-state index contributed by atoms with van der Waals surface area (Å²) in [6.07, 6.45) is 0.880. The molecule has 1 aromatic rings. The average Bonchev–Trinajstić information content (AvgIpc) is 2.83. The van der Waals surface area contributed by atoms with Crippen molar-refractivity contribution in [3.05, 3.63) is 24.3 Å². The number of rotatable bonds is 2. The molecule has 0 radical (unpaired) electrons. The Morgan fingerprint density at radius 2 is 2.44 bits per heavy atom. The van der Waals surface area contributed by atoms with E-state index in [1.165, 1.54) is 5.06 Å². The molecule has 0 bridgehead atoms. The van der Waals surface area contributed by atoms with Gasteiger partial charge < -0.3 is 10.1 Å². The number of carbonyl (C=O) groups is 1. The molecule has 1 aliphatic heterocycles. The Labute approximate surface area is 93.9 Å². The number of nitrogens with one attached hydrogen (secondary N) is 1. The van der Waals surface area contributed by atoms with E-state index in [-0.39, 0.29) is 6.03 Å². The number of carbonyl (C=O) groups excluding carboxylic acids is 1. The van der Waals surface area contributed by atoms with Gasteiger partial charge in [0.25, 0.3) is 0 Å². The molecule has 5 heteroatoms. The minimum Gasteiger partial charge on any atom is -0.497 e. The number of urea groups is 1. The van der Waals surface area contributed by atoms with Crippen LogP contribution in [0.5, 0.6) is 5.75 Å². The molecule has 2 rings (SSSR count). The Morgan fingerprint density at radius 1 is 1.56 bits per heavy atom. The number of hydrogen-bond donors (Lipinski definition) is 1. The van der Waals surface area contributed by atoms with Gasteiger partial charge in [-0.1, -0.05) is 6.07 Å². The Hall–Kier alpha value is -1.75. The number of benzene rings is 1. The average molecular weight is 222 g/mol. The number of anilines is 1. The fourth-order valence-corrected chi connectivity index (χ4v) is 1.49. The van der Waals surface area contributed by atoms with Crippen molar-refractivity contribution >= 4 is 11.7 Å². The van der Waals surface area contributed by atoms with Crippen molar-refractivity contribution in [2.45, 2.75) is 6.42 Å². The van der Waals surface area contributed by atoms with Crippen molar-refractivity contribution in [1.82, 2.24) is 5.06 Å². The van der Waals surface area contributed by atoms with Gasteiger partial charge in [-0.2, -0.15) is 0 Å². The zero-order valence-electron chi connectivity index (χ0n) is 9.10.